The lowest BCUT2D eigenvalue weighted by Crippen LogP contribution is -2.43. The first-order valence-corrected chi connectivity index (χ1v) is 8.14. The number of hydrogen-bond donors (Lipinski definition) is 1. The van der Waals surface area contributed by atoms with Crippen molar-refractivity contribution >= 4 is 5.91 Å². The van der Waals surface area contributed by atoms with Crippen LogP contribution in [0.5, 0.6) is 11.5 Å². The highest BCUT2D eigenvalue weighted by atomic mass is 16.5. The van der Waals surface area contributed by atoms with Gasteiger partial charge in [-0.1, -0.05) is 0 Å². The summed E-state index contributed by atoms with van der Waals surface area (Å²) in [5.41, 5.74) is 1.03. The van der Waals surface area contributed by atoms with E-state index in [0.29, 0.717) is 19.6 Å². The number of fused-ring (bicyclic) bond motifs is 1. The summed E-state index contributed by atoms with van der Waals surface area (Å²) >= 11 is 0. The molecule has 6 heteroatoms. The number of morpholine rings is 1. The molecule has 1 aromatic carbocycles. The summed E-state index contributed by atoms with van der Waals surface area (Å²) in [6.07, 6.45) is 0.690. The average molecular weight is 320 g/mol. The van der Waals surface area contributed by atoms with Gasteiger partial charge in [-0.25, -0.2) is 0 Å². The van der Waals surface area contributed by atoms with Crippen molar-refractivity contribution in [3.8, 4) is 11.5 Å². The highest BCUT2D eigenvalue weighted by Crippen LogP contribution is 2.30. The van der Waals surface area contributed by atoms with E-state index in [0.717, 1.165) is 49.9 Å². The number of hydrogen-bond acceptors (Lipinski definition) is 5. The maximum Gasteiger partial charge on any atom is 0.226 e. The van der Waals surface area contributed by atoms with Crippen molar-refractivity contribution in [1.29, 1.82) is 0 Å². The molecular weight excluding hydrogens is 296 g/mol. The van der Waals surface area contributed by atoms with Gasteiger partial charge in [-0.05, 0) is 30.2 Å². The Hall–Kier alpha value is -1.79. The van der Waals surface area contributed by atoms with Crippen molar-refractivity contribution in [2.75, 3.05) is 53.1 Å². The maximum atomic E-state index is 12.3. The van der Waals surface area contributed by atoms with Gasteiger partial charge in [-0.15, -0.1) is 0 Å². The molecule has 0 bridgehead atoms. The van der Waals surface area contributed by atoms with Crippen LogP contribution in [0.2, 0.25) is 0 Å². The quantitative estimate of drug-likeness (QED) is 0.865. The van der Waals surface area contributed by atoms with Crippen molar-refractivity contribution in [2.45, 2.75) is 6.42 Å². The number of ether oxygens (including phenoxy) is 3. The second-order valence-electron chi connectivity index (χ2n) is 5.93. The van der Waals surface area contributed by atoms with Crippen LogP contribution in [0, 0.1) is 5.92 Å². The zero-order chi connectivity index (χ0) is 16.1. The zero-order valence-electron chi connectivity index (χ0n) is 13.5. The van der Waals surface area contributed by atoms with Crippen molar-refractivity contribution < 1.29 is 19.0 Å². The van der Waals surface area contributed by atoms with Gasteiger partial charge in [0.1, 0.15) is 18.1 Å². The Morgan fingerprint density at radius 3 is 3.00 bits per heavy atom. The van der Waals surface area contributed by atoms with Gasteiger partial charge in [0.05, 0.1) is 26.2 Å². The number of nitrogens with zero attached hydrogens (tertiary/aromatic N) is 1. The molecule has 1 saturated heterocycles. The first-order chi connectivity index (χ1) is 11.3. The molecule has 1 atom stereocenters. The van der Waals surface area contributed by atoms with E-state index in [2.05, 4.69) is 10.2 Å². The van der Waals surface area contributed by atoms with Crippen LogP contribution in [0.25, 0.3) is 0 Å². The van der Waals surface area contributed by atoms with E-state index in [-0.39, 0.29) is 11.8 Å². The molecule has 0 radical (unpaired) electrons. The van der Waals surface area contributed by atoms with E-state index in [1.807, 2.05) is 18.2 Å². The number of benzene rings is 1. The molecular formula is C17H24N2O4. The normalized spacial score (nSPS) is 21.2. The molecule has 2 heterocycles. The maximum absolute atomic E-state index is 12.3. The first-order valence-electron chi connectivity index (χ1n) is 8.14. The van der Waals surface area contributed by atoms with Crippen molar-refractivity contribution in [3.63, 3.8) is 0 Å². The molecule has 1 amide bonds. The highest BCUT2D eigenvalue weighted by Gasteiger charge is 2.26. The molecule has 0 saturated carbocycles. The number of nitrogens with one attached hydrogen (secondary N) is 1. The van der Waals surface area contributed by atoms with Crippen LogP contribution < -0.4 is 14.8 Å². The number of amides is 1. The predicted octanol–water partition coefficient (Wildman–Crippen LogP) is 0.695. The Balaban J connectivity index is 1.48. The van der Waals surface area contributed by atoms with E-state index < -0.39 is 0 Å². The molecule has 3 rings (SSSR count). The summed E-state index contributed by atoms with van der Waals surface area (Å²) in [5.74, 6) is 1.56. The summed E-state index contributed by atoms with van der Waals surface area (Å²) in [7, 11) is 1.64. The molecule has 1 aromatic rings. The van der Waals surface area contributed by atoms with Crippen molar-refractivity contribution in [1.82, 2.24) is 10.2 Å². The van der Waals surface area contributed by atoms with Crippen LogP contribution in [0.3, 0.4) is 0 Å². The number of carbonyl (C=O) groups is 1. The number of rotatable bonds is 5. The first kappa shape index (κ1) is 16.1. The Kier molecular flexibility index (Phi) is 5.35. The molecule has 2 aliphatic rings. The highest BCUT2D eigenvalue weighted by molar-refractivity contribution is 5.79. The summed E-state index contributed by atoms with van der Waals surface area (Å²) in [4.78, 5) is 14.6. The zero-order valence-corrected chi connectivity index (χ0v) is 13.5. The predicted molar refractivity (Wildman–Crippen MR) is 86.0 cm³/mol. The molecule has 0 aliphatic carbocycles. The minimum absolute atomic E-state index is 0.0618. The van der Waals surface area contributed by atoms with Crippen LogP contribution in [0.4, 0.5) is 0 Å². The minimum Gasteiger partial charge on any atom is -0.497 e. The van der Waals surface area contributed by atoms with Gasteiger partial charge >= 0.3 is 0 Å². The summed E-state index contributed by atoms with van der Waals surface area (Å²) in [6, 6.07) is 5.73. The SMILES string of the molecule is COc1ccc2c(c1)C[C@H](C(=O)NCCN1CCOCC1)CO2. The van der Waals surface area contributed by atoms with Gasteiger partial charge in [0.25, 0.3) is 0 Å². The van der Waals surface area contributed by atoms with E-state index >= 15 is 0 Å². The van der Waals surface area contributed by atoms with Crippen LogP contribution in [0.1, 0.15) is 5.56 Å². The lowest BCUT2D eigenvalue weighted by atomic mass is 9.96. The van der Waals surface area contributed by atoms with Gasteiger partial charge in [0.15, 0.2) is 0 Å². The minimum atomic E-state index is -0.140. The van der Waals surface area contributed by atoms with Crippen LogP contribution >= 0.6 is 0 Å². The van der Waals surface area contributed by atoms with Crippen molar-refractivity contribution in [3.05, 3.63) is 23.8 Å². The lowest BCUT2D eigenvalue weighted by Gasteiger charge is -2.28. The Morgan fingerprint density at radius 2 is 2.22 bits per heavy atom. The molecule has 0 aromatic heterocycles. The Morgan fingerprint density at radius 1 is 1.39 bits per heavy atom. The van der Waals surface area contributed by atoms with Crippen LogP contribution in [-0.2, 0) is 16.0 Å². The molecule has 23 heavy (non-hydrogen) atoms. The van der Waals surface area contributed by atoms with E-state index in [9.17, 15) is 4.79 Å². The van der Waals surface area contributed by atoms with Gasteiger partial charge in [0, 0.05) is 26.2 Å². The van der Waals surface area contributed by atoms with Gasteiger partial charge in [-0.3, -0.25) is 9.69 Å². The third-order valence-corrected chi connectivity index (χ3v) is 4.38. The number of methoxy groups -OCH3 is 1. The van der Waals surface area contributed by atoms with E-state index in [4.69, 9.17) is 14.2 Å². The molecule has 126 valence electrons. The van der Waals surface area contributed by atoms with E-state index in [1.165, 1.54) is 0 Å². The van der Waals surface area contributed by atoms with Crippen molar-refractivity contribution in [2.24, 2.45) is 5.92 Å². The third-order valence-electron chi connectivity index (χ3n) is 4.38. The van der Waals surface area contributed by atoms with Gasteiger partial charge < -0.3 is 19.5 Å². The standard InChI is InChI=1S/C17H24N2O4/c1-21-15-2-3-16-13(11-15)10-14(12-23-16)17(20)18-4-5-19-6-8-22-9-7-19/h2-3,11,14H,4-10,12H2,1H3,(H,18,20)/t14-/m0/s1. The monoisotopic (exact) mass is 320 g/mol. The molecule has 1 N–H and O–H groups in total. The Labute approximate surface area is 136 Å². The smallest absolute Gasteiger partial charge is 0.226 e. The second kappa shape index (κ2) is 7.66. The van der Waals surface area contributed by atoms with Gasteiger partial charge in [-0.2, -0.15) is 0 Å². The number of carbonyl (C=O) groups excluding carboxylic acids is 1. The summed E-state index contributed by atoms with van der Waals surface area (Å²) in [6.45, 7) is 5.41. The fourth-order valence-electron chi connectivity index (χ4n) is 2.97. The Bertz CT molecular complexity index is 543. The summed E-state index contributed by atoms with van der Waals surface area (Å²) < 4.78 is 16.3. The topological polar surface area (TPSA) is 60.0 Å². The third kappa shape index (κ3) is 4.14. The second-order valence-corrected chi connectivity index (χ2v) is 5.93. The molecule has 2 aliphatic heterocycles. The molecule has 0 spiro atoms. The fourth-order valence-corrected chi connectivity index (χ4v) is 2.97. The van der Waals surface area contributed by atoms with Crippen LogP contribution in [0.15, 0.2) is 18.2 Å². The summed E-state index contributed by atoms with van der Waals surface area (Å²) in [5, 5.41) is 3.03. The largest absolute Gasteiger partial charge is 0.497 e. The van der Waals surface area contributed by atoms with E-state index in [1.54, 1.807) is 7.11 Å². The molecule has 0 unspecified atom stereocenters. The van der Waals surface area contributed by atoms with Gasteiger partial charge in [0.2, 0.25) is 5.91 Å². The molecule has 1 fully saturated rings. The fraction of sp³-hybridized carbons (Fsp3) is 0.588. The average Bonchev–Trinajstić information content (AvgIpc) is 2.61. The lowest BCUT2D eigenvalue weighted by molar-refractivity contribution is -0.126. The molecule has 6 nitrogen and oxygen atoms in total. The van der Waals surface area contributed by atoms with Crippen LogP contribution in [-0.4, -0.2) is 63.9 Å².